The lowest BCUT2D eigenvalue weighted by Crippen LogP contribution is -2.57. The molecule has 1 atom stereocenters. The molecule has 1 spiro atoms. The summed E-state index contributed by atoms with van der Waals surface area (Å²) in [7, 11) is 0. The Labute approximate surface area is 147 Å². The molecule has 1 unspecified atom stereocenters. The highest BCUT2D eigenvalue weighted by atomic mass is 19.1. The topological polar surface area (TPSA) is 38.7 Å². The Morgan fingerprint density at radius 3 is 3.00 bits per heavy atom. The quantitative estimate of drug-likeness (QED) is 0.921. The van der Waals surface area contributed by atoms with Gasteiger partial charge in [-0.15, -0.1) is 0 Å². The zero-order valence-electron chi connectivity index (χ0n) is 14.3. The molecule has 2 aliphatic heterocycles. The molecule has 4 rings (SSSR count). The molecule has 1 N–H and O–H groups in total. The minimum Gasteiger partial charge on any atom is -0.377 e. The lowest BCUT2D eigenvalue weighted by Gasteiger charge is -2.41. The van der Waals surface area contributed by atoms with E-state index in [-0.39, 0.29) is 11.4 Å². The summed E-state index contributed by atoms with van der Waals surface area (Å²) in [5.74, 6) is -0.209. The first-order valence-electron chi connectivity index (χ1n) is 8.82. The first-order chi connectivity index (χ1) is 12.3. The molecule has 0 bridgehead atoms. The first-order valence-corrected chi connectivity index (χ1v) is 8.82. The van der Waals surface area contributed by atoms with E-state index in [4.69, 9.17) is 9.47 Å². The average molecular weight is 345 g/mol. The standard InChI is InChI=1S/C19H24FN3O2/c20-17-5-1-2-6-18(17)23-8-3-4-16(23)12-22-9-11-25-19(14-22)13-21-7-10-24-15-19/h1-6,8,21H,7,9-15H2. The van der Waals surface area contributed by atoms with Crippen LogP contribution < -0.4 is 5.32 Å². The number of hydrogen-bond acceptors (Lipinski definition) is 4. The molecule has 25 heavy (non-hydrogen) atoms. The fourth-order valence-electron chi connectivity index (χ4n) is 3.68. The molecule has 1 aromatic carbocycles. The van der Waals surface area contributed by atoms with Crippen LogP contribution in [0.4, 0.5) is 4.39 Å². The van der Waals surface area contributed by atoms with E-state index < -0.39 is 0 Å². The summed E-state index contributed by atoms with van der Waals surface area (Å²) in [5, 5.41) is 3.40. The fraction of sp³-hybridized carbons (Fsp3) is 0.474. The molecular weight excluding hydrogens is 321 g/mol. The van der Waals surface area contributed by atoms with Crippen molar-refractivity contribution in [3.63, 3.8) is 0 Å². The van der Waals surface area contributed by atoms with E-state index in [2.05, 4.69) is 16.3 Å². The van der Waals surface area contributed by atoms with Gasteiger partial charge in [0.2, 0.25) is 0 Å². The Kier molecular flexibility index (Phi) is 4.85. The van der Waals surface area contributed by atoms with Gasteiger partial charge in [-0.1, -0.05) is 12.1 Å². The molecule has 2 aromatic rings. The Hall–Kier alpha value is -1.73. The van der Waals surface area contributed by atoms with Gasteiger partial charge >= 0.3 is 0 Å². The van der Waals surface area contributed by atoms with E-state index in [9.17, 15) is 4.39 Å². The number of nitrogens with one attached hydrogen (secondary N) is 1. The molecule has 3 heterocycles. The predicted octanol–water partition coefficient (Wildman–Crippen LogP) is 1.81. The second-order valence-corrected chi connectivity index (χ2v) is 6.79. The lowest BCUT2D eigenvalue weighted by molar-refractivity contribution is -0.135. The van der Waals surface area contributed by atoms with Crippen molar-refractivity contribution in [1.29, 1.82) is 0 Å². The van der Waals surface area contributed by atoms with Crippen LogP contribution in [0.2, 0.25) is 0 Å². The van der Waals surface area contributed by atoms with Gasteiger partial charge in [0.1, 0.15) is 11.4 Å². The van der Waals surface area contributed by atoms with Crippen molar-refractivity contribution in [3.8, 4) is 5.69 Å². The van der Waals surface area contributed by atoms with E-state index in [0.29, 0.717) is 18.9 Å². The third-order valence-electron chi connectivity index (χ3n) is 4.89. The monoisotopic (exact) mass is 345 g/mol. The van der Waals surface area contributed by atoms with Crippen molar-refractivity contribution in [2.24, 2.45) is 0 Å². The molecule has 1 aromatic heterocycles. The van der Waals surface area contributed by atoms with E-state index in [1.165, 1.54) is 6.07 Å². The SMILES string of the molecule is Fc1ccccc1-n1cccc1CN1CCOC2(CNCCOC2)C1. The minimum absolute atomic E-state index is 0.209. The Morgan fingerprint density at radius 2 is 2.08 bits per heavy atom. The summed E-state index contributed by atoms with van der Waals surface area (Å²) in [5.41, 5.74) is 1.37. The van der Waals surface area contributed by atoms with Gasteiger partial charge in [0, 0.05) is 44.6 Å². The molecule has 0 aliphatic carbocycles. The molecule has 6 heteroatoms. The zero-order chi connectivity index (χ0) is 17.1. The number of halogens is 1. The molecule has 5 nitrogen and oxygen atoms in total. The van der Waals surface area contributed by atoms with Crippen LogP contribution >= 0.6 is 0 Å². The number of benzene rings is 1. The second-order valence-electron chi connectivity index (χ2n) is 6.79. The predicted molar refractivity (Wildman–Crippen MR) is 93.4 cm³/mol. The third-order valence-corrected chi connectivity index (χ3v) is 4.89. The highest BCUT2D eigenvalue weighted by Crippen LogP contribution is 2.23. The fourth-order valence-corrected chi connectivity index (χ4v) is 3.68. The zero-order valence-corrected chi connectivity index (χ0v) is 14.3. The van der Waals surface area contributed by atoms with Crippen molar-refractivity contribution < 1.29 is 13.9 Å². The van der Waals surface area contributed by atoms with Crippen LogP contribution in [-0.4, -0.2) is 61.1 Å². The Balaban J connectivity index is 1.51. The van der Waals surface area contributed by atoms with Crippen molar-refractivity contribution in [2.75, 3.05) is 46.0 Å². The summed E-state index contributed by atoms with van der Waals surface area (Å²) in [6, 6.07) is 10.9. The van der Waals surface area contributed by atoms with Crippen LogP contribution in [0.15, 0.2) is 42.6 Å². The van der Waals surface area contributed by atoms with E-state index in [1.807, 2.05) is 29.0 Å². The molecular formula is C19H24FN3O2. The van der Waals surface area contributed by atoms with Crippen LogP contribution in [0.3, 0.4) is 0 Å². The van der Waals surface area contributed by atoms with Crippen molar-refractivity contribution in [1.82, 2.24) is 14.8 Å². The van der Waals surface area contributed by atoms with Crippen molar-refractivity contribution in [2.45, 2.75) is 12.1 Å². The summed E-state index contributed by atoms with van der Waals surface area (Å²) in [6.45, 7) is 6.12. The van der Waals surface area contributed by atoms with Gasteiger partial charge in [0.15, 0.2) is 0 Å². The number of nitrogens with zero attached hydrogens (tertiary/aromatic N) is 2. The largest absolute Gasteiger partial charge is 0.377 e. The second kappa shape index (κ2) is 7.25. The molecule has 0 amide bonds. The van der Waals surface area contributed by atoms with Gasteiger partial charge in [-0.25, -0.2) is 4.39 Å². The van der Waals surface area contributed by atoms with E-state index in [1.54, 1.807) is 6.07 Å². The van der Waals surface area contributed by atoms with E-state index >= 15 is 0 Å². The van der Waals surface area contributed by atoms with Crippen molar-refractivity contribution >= 4 is 0 Å². The minimum atomic E-state index is -0.288. The first kappa shape index (κ1) is 16.7. The molecule has 0 radical (unpaired) electrons. The Bertz CT molecular complexity index is 710. The van der Waals surface area contributed by atoms with Gasteiger partial charge in [0.25, 0.3) is 0 Å². The van der Waals surface area contributed by atoms with Crippen LogP contribution in [0.1, 0.15) is 5.69 Å². The highest BCUT2D eigenvalue weighted by Gasteiger charge is 2.38. The summed E-state index contributed by atoms with van der Waals surface area (Å²) >= 11 is 0. The van der Waals surface area contributed by atoms with Crippen molar-refractivity contribution in [3.05, 3.63) is 54.1 Å². The van der Waals surface area contributed by atoms with Gasteiger partial charge < -0.3 is 19.4 Å². The smallest absolute Gasteiger partial charge is 0.147 e. The molecule has 0 saturated carbocycles. The van der Waals surface area contributed by atoms with Crippen LogP contribution in [0, 0.1) is 5.82 Å². The van der Waals surface area contributed by atoms with Crippen LogP contribution in [0.5, 0.6) is 0 Å². The number of para-hydroxylation sites is 1. The van der Waals surface area contributed by atoms with Gasteiger partial charge in [-0.2, -0.15) is 0 Å². The number of rotatable bonds is 3. The number of ether oxygens (including phenoxy) is 2. The summed E-state index contributed by atoms with van der Waals surface area (Å²) in [6.07, 6.45) is 1.92. The van der Waals surface area contributed by atoms with Crippen LogP contribution in [-0.2, 0) is 16.0 Å². The van der Waals surface area contributed by atoms with Gasteiger partial charge in [-0.3, -0.25) is 4.90 Å². The average Bonchev–Trinajstić information content (AvgIpc) is 2.95. The van der Waals surface area contributed by atoms with E-state index in [0.717, 1.165) is 45.0 Å². The molecule has 2 aliphatic rings. The maximum atomic E-state index is 14.2. The van der Waals surface area contributed by atoms with Gasteiger partial charge in [0.05, 0.1) is 25.5 Å². The van der Waals surface area contributed by atoms with Crippen LogP contribution in [0.25, 0.3) is 5.69 Å². The maximum Gasteiger partial charge on any atom is 0.147 e. The maximum absolute atomic E-state index is 14.2. The summed E-state index contributed by atoms with van der Waals surface area (Å²) < 4.78 is 27.9. The van der Waals surface area contributed by atoms with Gasteiger partial charge in [-0.05, 0) is 24.3 Å². The number of hydrogen-bond donors (Lipinski definition) is 1. The summed E-state index contributed by atoms with van der Waals surface area (Å²) in [4.78, 5) is 2.37. The third kappa shape index (κ3) is 3.62. The molecule has 134 valence electrons. The lowest BCUT2D eigenvalue weighted by atomic mass is 10.0. The Morgan fingerprint density at radius 1 is 1.16 bits per heavy atom. The normalized spacial score (nSPS) is 25.2. The number of morpholine rings is 1. The molecule has 2 fully saturated rings. The number of aromatic nitrogens is 1. The highest BCUT2D eigenvalue weighted by molar-refractivity contribution is 5.36. The molecule has 2 saturated heterocycles.